The van der Waals surface area contributed by atoms with Gasteiger partial charge in [0, 0.05) is 10.2 Å². The third-order valence-corrected chi connectivity index (χ3v) is 3.49. The predicted octanol–water partition coefficient (Wildman–Crippen LogP) is 1.73. The molecule has 1 unspecified atom stereocenters. The van der Waals surface area contributed by atoms with Crippen LogP contribution in [0.5, 0.6) is 0 Å². The Hall–Kier alpha value is -1.40. The first-order chi connectivity index (χ1) is 8.49. The quantitative estimate of drug-likeness (QED) is 0.724. The van der Waals surface area contributed by atoms with Crippen LogP contribution in [0, 0.1) is 0 Å². The van der Waals surface area contributed by atoms with Gasteiger partial charge in [0.15, 0.2) is 5.11 Å². The fraction of sp³-hybridized carbons (Fsp3) is 0.167. The maximum atomic E-state index is 11.6. The summed E-state index contributed by atoms with van der Waals surface area (Å²) >= 11 is 8.48. The minimum Gasteiger partial charge on any atom is -0.366 e. The van der Waals surface area contributed by atoms with Crippen molar-refractivity contribution < 1.29 is 4.79 Å². The Morgan fingerprint density at radius 3 is 2.56 bits per heavy atom. The van der Waals surface area contributed by atoms with Crippen LogP contribution >= 0.6 is 28.1 Å². The zero-order valence-electron chi connectivity index (χ0n) is 9.66. The molecule has 0 bridgehead atoms. The number of nitrogens with two attached hydrogens (primary N) is 1. The van der Waals surface area contributed by atoms with Crippen molar-refractivity contribution in [1.29, 1.82) is 0 Å². The highest BCUT2D eigenvalue weighted by Crippen LogP contribution is 2.27. The normalized spacial score (nSPS) is 19.2. The lowest BCUT2D eigenvalue weighted by atomic mass is 9.95. The Balaban J connectivity index is 2.46. The summed E-state index contributed by atoms with van der Waals surface area (Å²) in [7, 11) is 0. The summed E-state index contributed by atoms with van der Waals surface area (Å²) in [6.45, 7) is 1.79. The molecule has 1 aliphatic heterocycles. The molecular weight excluding hydrogens is 314 g/mol. The van der Waals surface area contributed by atoms with Crippen LogP contribution in [0.2, 0.25) is 0 Å². The van der Waals surface area contributed by atoms with E-state index >= 15 is 0 Å². The first-order valence-corrected chi connectivity index (χ1v) is 6.52. The number of rotatable bonds is 2. The number of allylic oxidation sites excluding steroid dienone is 1. The smallest absolute Gasteiger partial charge is 0.248 e. The largest absolute Gasteiger partial charge is 0.366 e. The monoisotopic (exact) mass is 325 g/mol. The molecule has 0 saturated carbocycles. The second-order valence-corrected chi connectivity index (χ2v) is 5.31. The molecule has 0 aliphatic carbocycles. The molecule has 0 spiro atoms. The fourth-order valence-electron chi connectivity index (χ4n) is 1.93. The number of amides is 1. The third kappa shape index (κ3) is 2.54. The first kappa shape index (κ1) is 13.0. The Morgan fingerprint density at radius 2 is 2.00 bits per heavy atom. The Bertz CT molecular complexity index is 539. The van der Waals surface area contributed by atoms with Crippen LogP contribution < -0.4 is 16.4 Å². The summed E-state index contributed by atoms with van der Waals surface area (Å²) in [5.41, 5.74) is 7.57. The maximum absolute atomic E-state index is 11.6. The molecule has 18 heavy (non-hydrogen) atoms. The van der Waals surface area contributed by atoms with Crippen molar-refractivity contribution in [3.8, 4) is 0 Å². The van der Waals surface area contributed by atoms with E-state index in [0.29, 0.717) is 16.4 Å². The highest BCUT2D eigenvalue weighted by molar-refractivity contribution is 9.10. The number of hydrogen-bond acceptors (Lipinski definition) is 2. The van der Waals surface area contributed by atoms with Crippen molar-refractivity contribution in [2.45, 2.75) is 13.0 Å². The van der Waals surface area contributed by atoms with Crippen LogP contribution in [0.25, 0.3) is 0 Å². The number of thiocarbonyl (C=S) groups is 1. The van der Waals surface area contributed by atoms with Crippen LogP contribution in [0.4, 0.5) is 0 Å². The molecule has 0 fully saturated rings. The van der Waals surface area contributed by atoms with E-state index in [1.54, 1.807) is 6.92 Å². The molecule has 1 aromatic rings. The molecule has 1 aliphatic rings. The number of hydrogen-bond donors (Lipinski definition) is 3. The molecule has 0 radical (unpaired) electrons. The van der Waals surface area contributed by atoms with E-state index < -0.39 is 5.91 Å². The number of nitrogens with one attached hydrogen (secondary N) is 2. The average Bonchev–Trinajstić information content (AvgIpc) is 2.28. The molecule has 2 rings (SSSR count). The number of benzene rings is 1. The minimum atomic E-state index is -0.456. The maximum Gasteiger partial charge on any atom is 0.248 e. The first-order valence-electron chi connectivity index (χ1n) is 5.32. The zero-order valence-corrected chi connectivity index (χ0v) is 12.1. The van der Waals surface area contributed by atoms with Gasteiger partial charge in [-0.25, -0.2) is 0 Å². The van der Waals surface area contributed by atoms with Crippen molar-refractivity contribution >= 4 is 39.2 Å². The Morgan fingerprint density at radius 1 is 1.39 bits per heavy atom. The minimum absolute atomic E-state index is 0.302. The second-order valence-electron chi connectivity index (χ2n) is 3.99. The lowest BCUT2D eigenvalue weighted by Crippen LogP contribution is -2.46. The van der Waals surface area contributed by atoms with Gasteiger partial charge in [0.2, 0.25) is 5.91 Å². The molecular formula is C12H12BrN3OS. The summed E-state index contributed by atoms with van der Waals surface area (Å²) in [6.07, 6.45) is 0. The SMILES string of the molecule is CC1=C(C(N)=O)C(c2ccc(Br)cc2)NC(=S)N1. The van der Waals surface area contributed by atoms with E-state index in [-0.39, 0.29) is 6.04 Å². The van der Waals surface area contributed by atoms with Crippen LogP contribution in [0.15, 0.2) is 40.0 Å². The standard InChI is InChI=1S/C12H12BrN3OS/c1-6-9(11(14)17)10(16-12(18)15-6)7-2-4-8(13)5-3-7/h2-5,10H,1H3,(H2,14,17)(H2,15,16,18). The lowest BCUT2D eigenvalue weighted by Gasteiger charge is -2.29. The van der Waals surface area contributed by atoms with Crippen molar-refractivity contribution in [2.75, 3.05) is 0 Å². The van der Waals surface area contributed by atoms with Gasteiger partial charge in [0.05, 0.1) is 11.6 Å². The van der Waals surface area contributed by atoms with Gasteiger partial charge in [0.1, 0.15) is 0 Å². The van der Waals surface area contributed by atoms with Gasteiger partial charge >= 0.3 is 0 Å². The van der Waals surface area contributed by atoms with E-state index in [2.05, 4.69) is 26.6 Å². The number of carbonyl (C=O) groups is 1. The predicted molar refractivity (Wildman–Crippen MR) is 77.6 cm³/mol. The summed E-state index contributed by atoms with van der Waals surface area (Å²) in [5, 5.41) is 6.46. The topological polar surface area (TPSA) is 67.2 Å². The average molecular weight is 326 g/mol. The molecule has 1 heterocycles. The van der Waals surface area contributed by atoms with E-state index in [1.807, 2.05) is 24.3 Å². The van der Waals surface area contributed by atoms with Gasteiger partial charge in [-0.1, -0.05) is 28.1 Å². The molecule has 0 saturated heterocycles. The van der Waals surface area contributed by atoms with Gasteiger partial charge in [0.25, 0.3) is 0 Å². The van der Waals surface area contributed by atoms with Crippen molar-refractivity contribution in [1.82, 2.24) is 10.6 Å². The highest BCUT2D eigenvalue weighted by atomic mass is 79.9. The molecule has 0 aromatic heterocycles. The number of halogens is 1. The van der Waals surface area contributed by atoms with Crippen LogP contribution in [0.1, 0.15) is 18.5 Å². The zero-order chi connectivity index (χ0) is 13.3. The Kier molecular flexibility index (Phi) is 3.68. The van der Waals surface area contributed by atoms with Gasteiger partial charge in [-0.05, 0) is 36.8 Å². The van der Waals surface area contributed by atoms with E-state index in [9.17, 15) is 4.79 Å². The molecule has 4 nitrogen and oxygen atoms in total. The highest BCUT2D eigenvalue weighted by Gasteiger charge is 2.28. The molecule has 94 valence electrons. The summed E-state index contributed by atoms with van der Waals surface area (Å²) in [5.74, 6) is -0.456. The third-order valence-electron chi connectivity index (χ3n) is 2.74. The molecule has 4 N–H and O–H groups in total. The summed E-state index contributed by atoms with van der Waals surface area (Å²) < 4.78 is 0.976. The second kappa shape index (κ2) is 5.07. The van der Waals surface area contributed by atoms with Crippen LogP contribution in [0.3, 0.4) is 0 Å². The van der Waals surface area contributed by atoms with Crippen LogP contribution in [-0.2, 0) is 4.79 Å². The molecule has 6 heteroatoms. The van der Waals surface area contributed by atoms with Gasteiger partial charge < -0.3 is 16.4 Å². The summed E-state index contributed by atoms with van der Waals surface area (Å²) in [4.78, 5) is 11.6. The molecule has 1 atom stereocenters. The van der Waals surface area contributed by atoms with Crippen LogP contribution in [-0.4, -0.2) is 11.0 Å². The van der Waals surface area contributed by atoms with Gasteiger partial charge in [-0.3, -0.25) is 4.79 Å². The molecule has 1 aromatic carbocycles. The molecule has 1 amide bonds. The van der Waals surface area contributed by atoms with E-state index in [1.165, 1.54) is 0 Å². The van der Waals surface area contributed by atoms with Crippen molar-refractivity contribution in [3.63, 3.8) is 0 Å². The summed E-state index contributed by atoms with van der Waals surface area (Å²) in [6, 6.07) is 7.37. The fourth-order valence-corrected chi connectivity index (χ4v) is 2.46. The van der Waals surface area contributed by atoms with Crippen molar-refractivity contribution in [3.05, 3.63) is 45.6 Å². The van der Waals surface area contributed by atoms with Gasteiger partial charge in [-0.2, -0.15) is 0 Å². The van der Waals surface area contributed by atoms with E-state index in [0.717, 1.165) is 10.0 Å². The van der Waals surface area contributed by atoms with Gasteiger partial charge in [-0.15, -0.1) is 0 Å². The lowest BCUT2D eigenvalue weighted by molar-refractivity contribution is -0.115. The van der Waals surface area contributed by atoms with E-state index in [4.69, 9.17) is 18.0 Å². The van der Waals surface area contributed by atoms with Crippen molar-refractivity contribution in [2.24, 2.45) is 5.73 Å². The Labute approximate surface area is 119 Å². The number of primary amides is 1. The number of carbonyl (C=O) groups excluding carboxylic acids is 1.